The number of benzene rings is 1. The fourth-order valence-corrected chi connectivity index (χ4v) is 2.07. The highest BCUT2D eigenvalue weighted by Gasteiger charge is 2.59. The van der Waals surface area contributed by atoms with E-state index < -0.39 is 5.60 Å². The first kappa shape index (κ1) is 10.2. The molecule has 0 spiro atoms. The van der Waals surface area contributed by atoms with Crippen LogP contribution in [0.3, 0.4) is 0 Å². The Morgan fingerprint density at radius 2 is 2.07 bits per heavy atom. The number of hydrogen-bond donors (Lipinski definition) is 0. The van der Waals surface area contributed by atoms with Crippen molar-refractivity contribution in [2.24, 2.45) is 0 Å². The second kappa shape index (κ2) is 3.66. The predicted molar refractivity (Wildman–Crippen MR) is 55.3 cm³/mol. The average molecular weight is 206 g/mol. The minimum Gasteiger partial charge on any atom is -0.456 e. The number of carbonyl (C=O) groups is 1. The van der Waals surface area contributed by atoms with Gasteiger partial charge in [0.2, 0.25) is 5.60 Å². The van der Waals surface area contributed by atoms with Gasteiger partial charge < -0.3 is 9.47 Å². The predicted octanol–water partition coefficient (Wildman–Crippen LogP) is 1.86. The zero-order valence-electron chi connectivity index (χ0n) is 8.90. The van der Waals surface area contributed by atoms with Gasteiger partial charge in [-0.2, -0.15) is 0 Å². The molecular formula is C12H14O3. The molecule has 0 saturated carbocycles. The number of esters is 1. The van der Waals surface area contributed by atoms with Crippen molar-refractivity contribution in [3.05, 3.63) is 35.9 Å². The van der Waals surface area contributed by atoms with Crippen molar-refractivity contribution in [1.29, 1.82) is 0 Å². The Morgan fingerprint density at radius 3 is 2.53 bits per heavy atom. The van der Waals surface area contributed by atoms with Crippen LogP contribution in [0, 0.1) is 0 Å². The van der Waals surface area contributed by atoms with Crippen LogP contribution < -0.4 is 0 Å². The number of hydrogen-bond acceptors (Lipinski definition) is 3. The number of methoxy groups -OCH3 is 1. The normalized spacial score (nSPS) is 29.5. The molecule has 2 rings (SSSR count). The molecule has 1 fully saturated rings. The van der Waals surface area contributed by atoms with Gasteiger partial charge in [0.25, 0.3) is 0 Å². The number of carbonyl (C=O) groups excluding carboxylic acids is 1. The van der Waals surface area contributed by atoms with Gasteiger partial charge in [0.05, 0.1) is 0 Å². The molecule has 0 radical (unpaired) electrons. The summed E-state index contributed by atoms with van der Waals surface area (Å²) in [6.07, 6.45) is 0.589. The van der Waals surface area contributed by atoms with E-state index in [0.29, 0.717) is 0 Å². The summed E-state index contributed by atoms with van der Waals surface area (Å²) in [5, 5.41) is 0. The van der Waals surface area contributed by atoms with Gasteiger partial charge in [-0.3, -0.25) is 0 Å². The first-order valence-electron chi connectivity index (χ1n) is 5.07. The van der Waals surface area contributed by atoms with E-state index in [1.165, 1.54) is 0 Å². The maximum atomic E-state index is 11.6. The summed E-state index contributed by atoms with van der Waals surface area (Å²) in [7, 11) is 1.55. The van der Waals surface area contributed by atoms with Gasteiger partial charge in [0.15, 0.2) is 0 Å². The first-order chi connectivity index (χ1) is 7.25. The molecule has 1 aromatic rings. The smallest absolute Gasteiger partial charge is 0.347 e. The lowest BCUT2D eigenvalue weighted by molar-refractivity contribution is -0.240. The molecule has 80 valence electrons. The fourth-order valence-electron chi connectivity index (χ4n) is 2.07. The molecule has 0 bridgehead atoms. The second-order valence-corrected chi connectivity index (χ2v) is 3.61. The highest BCUT2D eigenvalue weighted by Crippen LogP contribution is 2.41. The summed E-state index contributed by atoms with van der Waals surface area (Å²) in [6.45, 7) is 1.98. The van der Waals surface area contributed by atoms with Crippen LogP contribution in [-0.4, -0.2) is 19.2 Å². The lowest BCUT2D eigenvalue weighted by Crippen LogP contribution is -2.60. The van der Waals surface area contributed by atoms with E-state index in [1.54, 1.807) is 7.11 Å². The third kappa shape index (κ3) is 1.27. The SMILES string of the molecule is CC[C@H]1OC(=O)[C@@]1(OC)c1ccccc1. The molecule has 1 aliphatic heterocycles. The minimum atomic E-state index is -0.879. The highest BCUT2D eigenvalue weighted by atomic mass is 16.6. The molecule has 1 aromatic carbocycles. The molecule has 0 aliphatic carbocycles. The maximum Gasteiger partial charge on any atom is 0.347 e. The van der Waals surface area contributed by atoms with Crippen LogP contribution in [0.4, 0.5) is 0 Å². The zero-order chi connectivity index (χ0) is 10.9. The van der Waals surface area contributed by atoms with E-state index in [0.717, 1.165) is 12.0 Å². The first-order valence-corrected chi connectivity index (χ1v) is 5.07. The largest absolute Gasteiger partial charge is 0.456 e. The topological polar surface area (TPSA) is 35.5 Å². The van der Waals surface area contributed by atoms with E-state index in [4.69, 9.17) is 9.47 Å². The van der Waals surface area contributed by atoms with Gasteiger partial charge in [-0.15, -0.1) is 0 Å². The molecule has 1 saturated heterocycles. The Balaban J connectivity index is 2.41. The van der Waals surface area contributed by atoms with Crippen LogP contribution in [0.2, 0.25) is 0 Å². The number of rotatable bonds is 3. The second-order valence-electron chi connectivity index (χ2n) is 3.61. The van der Waals surface area contributed by atoms with Crippen molar-refractivity contribution in [2.45, 2.75) is 25.0 Å². The van der Waals surface area contributed by atoms with Crippen LogP contribution in [0.15, 0.2) is 30.3 Å². The Morgan fingerprint density at radius 1 is 1.40 bits per heavy atom. The van der Waals surface area contributed by atoms with Gasteiger partial charge in [0, 0.05) is 7.11 Å². The van der Waals surface area contributed by atoms with Gasteiger partial charge in [-0.05, 0) is 12.0 Å². The van der Waals surface area contributed by atoms with Crippen LogP contribution in [0.5, 0.6) is 0 Å². The molecule has 0 N–H and O–H groups in total. The molecule has 0 amide bonds. The lowest BCUT2D eigenvalue weighted by atomic mass is 9.82. The third-order valence-corrected chi connectivity index (χ3v) is 2.90. The van der Waals surface area contributed by atoms with Crippen LogP contribution in [0.25, 0.3) is 0 Å². The Labute approximate surface area is 89.0 Å². The van der Waals surface area contributed by atoms with Crippen molar-refractivity contribution >= 4 is 5.97 Å². The number of cyclic esters (lactones) is 1. The molecule has 2 atom stereocenters. The molecule has 1 aliphatic rings. The van der Waals surface area contributed by atoms with Gasteiger partial charge >= 0.3 is 5.97 Å². The van der Waals surface area contributed by atoms with E-state index >= 15 is 0 Å². The average Bonchev–Trinajstić information content (AvgIpc) is 2.28. The molecule has 0 unspecified atom stereocenters. The Bertz CT molecular complexity index is 360. The molecular weight excluding hydrogens is 192 g/mol. The number of ether oxygens (including phenoxy) is 2. The highest BCUT2D eigenvalue weighted by molar-refractivity contribution is 5.87. The van der Waals surface area contributed by atoms with Crippen LogP contribution >= 0.6 is 0 Å². The third-order valence-electron chi connectivity index (χ3n) is 2.90. The van der Waals surface area contributed by atoms with Gasteiger partial charge in [0.1, 0.15) is 6.10 Å². The molecule has 3 nitrogen and oxygen atoms in total. The van der Waals surface area contributed by atoms with E-state index in [2.05, 4.69) is 0 Å². The summed E-state index contributed by atoms with van der Waals surface area (Å²) in [5.41, 5.74) is -0.00803. The standard InChI is InChI=1S/C12H14O3/c1-3-10-12(14-2,11(13)15-10)9-7-5-4-6-8-9/h4-8,10H,3H2,1-2H3/t10-,12-/m1/s1. The van der Waals surface area contributed by atoms with Gasteiger partial charge in [-0.25, -0.2) is 4.79 Å². The minimum absolute atomic E-state index is 0.169. The van der Waals surface area contributed by atoms with Crippen molar-refractivity contribution in [3.63, 3.8) is 0 Å². The van der Waals surface area contributed by atoms with Crippen LogP contribution in [0.1, 0.15) is 18.9 Å². The summed E-state index contributed by atoms with van der Waals surface area (Å²) >= 11 is 0. The zero-order valence-corrected chi connectivity index (χ0v) is 8.90. The molecule has 0 aromatic heterocycles. The van der Waals surface area contributed by atoms with Crippen molar-refractivity contribution in [1.82, 2.24) is 0 Å². The molecule has 1 heterocycles. The summed E-state index contributed by atoms with van der Waals surface area (Å²) in [4.78, 5) is 11.6. The van der Waals surface area contributed by atoms with Crippen LogP contribution in [-0.2, 0) is 19.9 Å². The summed E-state index contributed by atoms with van der Waals surface area (Å²) < 4.78 is 10.5. The summed E-state index contributed by atoms with van der Waals surface area (Å²) in [6, 6.07) is 9.50. The quantitative estimate of drug-likeness (QED) is 0.708. The molecule has 15 heavy (non-hydrogen) atoms. The van der Waals surface area contributed by atoms with Crippen molar-refractivity contribution < 1.29 is 14.3 Å². The van der Waals surface area contributed by atoms with Crippen molar-refractivity contribution in [3.8, 4) is 0 Å². The lowest BCUT2D eigenvalue weighted by Gasteiger charge is -2.45. The van der Waals surface area contributed by atoms with E-state index in [1.807, 2.05) is 37.3 Å². The Kier molecular flexibility index (Phi) is 2.49. The summed E-state index contributed by atoms with van der Waals surface area (Å²) in [5.74, 6) is -0.289. The Hall–Kier alpha value is -1.35. The van der Waals surface area contributed by atoms with Gasteiger partial charge in [-0.1, -0.05) is 37.3 Å². The molecule has 3 heteroatoms. The monoisotopic (exact) mass is 206 g/mol. The van der Waals surface area contributed by atoms with E-state index in [9.17, 15) is 4.79 Å². The van der Waals surface area contributed by atoms with Crippen molar-refractivity contribution in [2.75, 3.05) is 7.11 Å². The van der Waals surface area contributed by atoms with E-state index in [-0.39, 0.29) is 12.1 Å². The fraction of sp³-hybridized carbons (Fsp3) is 0.417. The maximum absolute atomic E-state index is 11.6.